The van der Waals surface area contributed by atoms with Crippen LogP contribution in [-0.4, -0.2) is 50.3 Å². The molecular weight excluding hydrogens is 628 g/mol. The zero-order valence-corrected chi connectivity index (χ0v) is 30.7. The Morgan fingerprint density at radius 1 is 1.08 bits per heavy atom. The molecule has 2 saturated carbocycles. The van der Waals surface area contributed by atoms with Gasteiger partial charge in [0.05, 0.1) is 17.6 Å². The highest BCUT2D eigenvalue weighted by atomic mass is 35.5. The molecule has 5 unspecified atom stereocenters. The summed E-state index contributed by atoms with van der Waals surface area (Å²) in [4.78, 5) is 37.0. The molecule has 0 spiro atoms. The number of benzene rings is 1. The van der Waals surface area contributed by atoms with Gasteiger partial charge < -0.3 is 14.4 Å². The van der Waals surface area contributed by atoms with Crippen molar-refractivity contribution in [3.8, 4) is 0 Å². The van der Waals surface area contributed by atoms with Crippen molar-refractivity contribution in [2.24, 2.45) is 23.7 Å². The average molecular weight is 681 g/mol. The van der Waals surface area contributed by atoms with Crippen LogP contribution in [0.5, 0.6) is 0 Å². The number of hydrogen-bond acceptors (Lipinski definition) is 10. The molecule has 10 nitrogen and oxygen atoms in total. The predicted molar refractivity (Wildman–Crippen MR) is 186 cm³/mol. The molecule has 2 bridgehead atoms. The van der Waals surface area contributed by atoms with Crippen molar-refractivity contribution < 1.29 is 18.6 Å². The van der Waals surface area contributed by atoms with Gasteiger partial charge in [0.1, 0.15) is 0 Å². The van der Waals surface area contributed by atoms with E-state index in [4.69, 9.17) is 20.6 Å². The van der Waals surface area contributed by atoms with Crippen molar-refractivity contribution in [2.45, 2.75) is 124 Å². The molecule has 1 aromatic carbocycles. The lowest BCUT2D eigenvalue weighted by Crippen LogP contribution is -2.35. The van der Waals surface area contributed by atoms with E-state index in [0.29, 0.717) is 52.8 Å². The monoisotopic (exact) mass is 680 g/mol. The zero-order valence-electron chi connectivity index (χ0n) is 29.9. The Balaban J connectivity index is 1.36. The van der Waals surface area contributed by atoms with Gasteiger partial charge in [0.2, 0.25) is 17.6 Å². The molecule has 5 rings (SSSR count). The number of Topliss-reactive ketones (excluding diaryl/α,β-unsaturated/α-hetero) is 2. The molecule has 2 fully saturated rings. The number of nitrogens with one attached hydrogen (secondary N) is 1. The van der Waals surface area contributed by atoms with Crippen LogP contribution in [0.2, 0.25) is 5.02 Å². The molecule has 262 valence electrons. The normalized spacial score (nSPS) is 21.9. The first-order valence-electron chi connectivity index (χ1n) is 17.7. The highest BCUT2D eigenvalue weighted by Crippen LogP contribution is 2.54. The summed E-state index contributed by atoms with van der Waals surface area (Å²) in [5.74, 6) is 3.64. The van der Waals surface area contributed by atoms with Crippen LogP contribution < -0.4 is 5.32 Å². The number of fused-ring (bicyclic) bond motifs is 2. The first-order chi connectivity index (χ1) is 22.7. The lowest BCUT2D eigenvalue weighted by atomic mass is 9.59. The number of carbonyl (C=O) groups is 2. The van der Waals surface area contributed by atoms with E-state index in [1.165, 1.54) is 26.2 Å². The summed E-state index contributed by atoms with van der Waals surface area (Å²) >= 11 is 7.12. The summed E-state index contributed by atoms with van der Waals surface area (Å²) in [5.41, 5.74) is 1.78. The molecule has 2 aliphatic rings. The van der Waals surface area contributed by atoms with Gasteiger partial charge >= 0.3 is 0 Å². The van der Waals surface area contributed by atoms with Crippen molar-refractivity contribution >= 4 is 28.9 Å². The Labute approximate surface area is 290 Å². The molecule has 0 radical (unpaired) electrons. The smallest absolute Gasteiger partial charge is 0.245 e. The van der Waals surface area contributed by atoms with E-state index in [2.05, 4.69) is 85.2 Å². The number of rotatable bonds is 14. The average Bonchev–Trinajstić information content (AvgIpc) is 3.70. The van der Waals surface area contributed by atoms with Crippen molar-refractivity contribution in [3.05, 3.63) is 51.7 Å². The maximum atomic E-state index is 13.2. The second-order valence-corrected chi connectivity index (χ2v) is 16.1. The number of hydrogen-bond donors (Lipinski definition) is 1. The summed E-state index contributed by atoms with van der Waals surface area (Å²) in [6.45, 7) is 15.1. The highest BCUT2D eigenvalue weighted by Gasteiger charge is 2.42. The molecule has 2 aromatic heterocycles. The number of ketones is 2. The van der Waals surface area contributed by atoms with Gasteiger partial charge in [0.25, 0.3) is 0 Å². The van der Waals surface area contributed by atoms with Crippen molar-refractivity contribution in [1.82, 2.24) is 25.2 Å². The summed E-state index contributed by atoms with van der Waals surface area (Å²) < 4.78 is 11.1. The van der Waals surface area contributed by atoms with Gasteiger partial charge in [-0.1, -0.05) is 69.4 Å². The summed E-state index contributed by atoms with van der Waals surface area (Å²) in [7, 11) is 2.11. The van der Waals surface area contributed by atoms with Gasteiger partial charge in [-0.05, 0) is 99.9 Å². The van der Waals surface area contributed by atoms with E-state index in [-0.39, 0.29) is 22.9 Å². The SMILES string of the molecule is CC(=O)C(=O)c1cc(NCc2nc(CC(C)C)no2)cc(C2C3CCCC(C3)CC2CCCN(C)C(C)c2nc(C(C)(C)C)no2)c1Cl. The number of anilines is 1. The van der Waals surface area contributed by atoms with E-state index in [1.54, 1.807) is 6.07 Å². The first-order valence-corrected chi connectivity index (χ1v) is 18.1. The van der Waals surface area contributed by atoms with E-state index in [9.17, 15) is 9.59 Å². The largest absolute Gasteiger partial charge is 0.376 e. The molecule has 5 atom stereocenters. The molecule has 3 aromatic rings. The molecule has 2 aliphatic carbocycles. The Morgan fingerprint density at radius 2 is 1.85 bits per heavy atom. The van der Waals surface area contributed by atoms with Crippen LogP contribution in [0.4, 0.5) is 5.69 Å². The third kappa shape index (κ3) is 8.54. The van der Waals surface area contributed by atoms with Crippen LogP contribution >= 0.6 is 11.6 Å². The summed E-state index contributed by atoms with van der Waals surface area (Å²) in [5, 5.41) is 12.1. The van der Waals surface area contributed by atoms with Crippen LogP contribution in [0, 0.1) is 23.7 Å². The Bertz CT molecular complexity index is 1580. The Hall–Kier alpha value is -3.11. The number of nitrogens with zero attached hydrogens (tertiary/aromatic N) is 5. The fourth-order valence-electron chi connectivity index (χ4n) is 7.67. The molecule has 0 amide bonds. The van der Waals surface area contributed by atoms with Gasteiger partial charge in [-0.25, -0.2) is 0 Å². The Kier molecular flexibility index (Phi) is 11.5. The van der Waals surface area contributed by atoms with E-state index in [0.717, 1.165) is 55.7 Å². The number of carbonyl (C=O) groups excluding carboxylic acids is 2. The fraction of sp³-hybridized carbons (Fsp3) is 0.676. The molecule has 0 saturated heterocycles. The third-order valence-electron chi connectivity index (χ3n) is 10.3. The molecular formula is C37H53ClN6O4. The zero-order chi connectivity index (χ0) is 34.7. The predicted octanol–water partition coefficient (Wildman–Crippen LogP) is 8.37. The molecule has 11 heteroatoms. The van der Waals surface area contributed by atoms with E-state index in [1.807, 2.05) is 0 Å². The van der Waals surface area contributed by atoms with Crippen LogP contribution in [0.15, 0.2) is 21.2 Å². The van der Waals surface area contributed by atoms with Gasteiger partial charge in [0.15, 0.2) is 17.4 Å². The standard InChI is InChI=1S/C37H53ClN6O4/c1-21(2)15-30-40-31(47-42-30)20-39-27-18-28(33(38)29(19-27)34(46)23(4)45)32-25-12-9-11-24(16-25)17-26(32)13-10-14-44(8)22(3)35-41-36(43-48-35)37(5,6)7/h18-19,21-22,24-26,32,39H,9-17,20H2,1-8H3. The number of aromatic nitrogens is 4. The maximum Gasteiger partial charge on any atom is 0.245 e. The van der Waals surface area contributed by atoms with E-state index < -0.39 is 11.6 Å². The van der Waals surface area contributed by atoms with Gasteiger partial charge in [-0.15, -0.1) is 0 Å². The van der Waals surface area contributed by atoms with Crippen LogP contribution in [-0.2, 0) is 23.2 Å². The van der Waals surface area contributed by atoms with Crippen molar-refractivity contribution in [2.75, 3.05) is 18.9 Å². The quantitative estimate of drug-likeness (QED) is 0.131. The number of halogens is 1. The molecule has 1 N–H and O–H groups in total. The minimum atomic E-state index is -0.568. The lowest BCUT2D eigenvalue weighted by molar-refractivity contribution is -0.113. The van der Waals surface area contributed by atoms with Gasteiger partial charge in [-0.2, -0.15) is 9.97 Å². The van der Waals surface area contributed by atoms with Crippen LogP contribution in [0.25, 0.3) is 0 Å². The van der Waals surface area contributed by atoms with Crippen molar-refractivity contribution in [1.29, 1.82) is 0 Å². The second-order valence-electron chi connectivity index (χ2n) is 15.7. The maximum absolute atomic E-state index is 13.2. The Morgan fingerprint density at radius 3 is 2.54 bits per heavy atom. The molecule has 48 heavy (non-hydrogen) atoms. The molecule has 0 aliphatic heterocycles. The van der Waals surface area contributed by atoms with Gasteiger partial charge in [-0.3, -0.25) is 14.5 Å². The van der Waals surface area contributed by atoms with Crippen LogP contribution in [0.1, 0.15) is 145 Å². The summed E-state index contributed by atoms with van der Waals surface area (Å²) in [6, 6.07) is 3.79. The topological polar surface area (TPSA) is 127 Å². The van der Waals surface area contributed by atoms with Crippen LogP contribution in [0.3, 0.4) is 0 Å². The minimum absolute atomic E-state index is 0.00721. The summed E-state index contributed by atoms with van der Waals surface area (Å²) in [6.07, 6.45) is 8.73. The van der Waals surface area contributed by atoms with Gasteiger partial charge in [0, 0.05) is 30.0 Å². The van der Waals surface area contributed by atoms with Crippen molar-refractivity contribution in [3.63, 3.8) is 0 Å². The fourth-order valence-corrected chi connectivity index (χ4v) is 7.99. The minimum Gasteiger partial charge on any atom is -0.376 e. The molecule has 2 heterocycles. The first kappa shape index (κ1) is 36.2. The van der Waals surface area contributed by atoms with E-state index >= 15 is 0 Å². The third-order valence-corrected chi connectivity index (χ3v) is 10.7. The lowest BCUT2D eigenvalue weighted by Gasteiger charge is -2.46. The second kappa shape index (κ2) is 15.2. The highest BCUT2D eigenvalue weighted by molar-refractivity contribution is 6.47.